The van der Waals surface area contributed by atoms with Crippen LogP contribution in [0, 0.1) is 19.7 Å². The Kier molecular flexibility index (Phi) is 6.20. The van der Waals surface area contributed by atoms with Gasteiger partial charge in [0, 0.05) is 11.3 Å². The SMILES string of the molecule is Cc1ccc(C)c(NC(=O)CSc2nc3ccsc3c(=O)n2Cc2ccccc2F)c1. The minimum Gasteiger partial charge on any atom is -0.325 e. The molecule has 5 nitrogen and oxygen atoms in total. The average molecular weight is 454 g/mol. The first-order valence-corrected chi connectivity index (χ1v) is 11.5. The molecule has 1 N–H and O–H groups in total. The zero-order valence-corrected chi connectivity index (χ0v) is 18.6. The number of anilines is 1. The number of halogens is 1. The number of hydrogen-bond donors (Lipinski definition) is 1. The molecule has 2 heterocycles. The van der Waals surface area contributed by atoms with Crippen LogP contribution < -0.4 is 10.9 Å². The molecule has 0 aliphatic heterocycles. The summed E-state index contributed by atoms with van der Waals surface area (Å²) in [5, 5.41) is 5.10. The molecular weight excluding hydrogens is 433 g/mol. The molecule has 0 unspecified atom stereocenters. The Morgan fingerprint density at radius 2 is 2.00 bits per heavy atom. The minimum absolute atomic E-state index is 0.0489. The van der Waals surface area contributed by atoms with Crippen LogP contribution in [0.5, 0.6) is 0 Å². The maximum absolute atomic E-state index is 14.2. The monoisotopic (exact) mass is 453 g/mol. The van der Waals surface area contributed by atoms with Gasteiger partial charge in [0.2, 0.25) is 5.91 Å². The van der Waals surface area contributed by atoms with Crippen molar-refractivity contribution in [2.75, 3.05) is 11.1 Å². The van der Waals surface area contributed by atoms with E-state index in [1.165, 1.54) is 22.0 Å². The van der Waals surface area contributed by atoms with Crippen LogP contribution in [0.25, 0.3) is 10.2 Å². The van der Waals surface area contributed by atoms with E-state index >= 15 is 0 Å². The predicted octanol–water partition coefficient (Wildman–Crippen LogP) is 4.99. The van der Waals surface area contributed by atoms with E-state index < -0.39 is 0 Å². The van der Waals surface area contributed by atoms with E-state index in [2.05, 4.69) is 10.3 Å². The molecule has 2 aromatic carbocycles. The highest BCUT2D eigenvalue weighted by Gasteiger charge is 2.16. The molecule has 0 saturated carbocycles. The van der Waals surface area contributed by atoms with Gasteiger partial charge < -0.3 is 5.32 Å². The second-order valence-corrected chi connectivity index (χ2v) is 9.03. The smallest absolute Gasteiger partial charge is 0.272 e. The van der Waals surface area contributed by atoms with Gasteiger partial charge in [-0.25, -0.2) is 9.37 Å². The van der Waals surface area contributed by atoms with Crippen molar-refractivity contribution in [1.82, 2.24) is 9.55 Å². The summed E-state index contributed by atoms with van der Waals surface area (Å²) in [6, 6.07) is 14.0. The first-order valence-electron chi connectivity index (χ1n) is 9.64. The van der Waals surface area contributed by atoms with Gasteiger partial charge >= 0.3 is 0 Å². The van der Waals surface area contributed by atoms with Crippen LogP contribution in [0.4, 0.5) is 10.1 Å². The van der Waals surface area contributed by atoms with Crippen molar-refractivity contribution in [3.05, 3.63) is 86.8 Å². The van der Waals surface area contributed by atoms with Crippen molar-refractivity contribution >= 4 is 44.9 Å². The average Bonchev–Trinajstić information content (AvgIpc) is 3.22. The van der Waals surface area contributed by atoms with Crippen LogP contribution >= 0.6 is 23.1 Å². The number of fused-ring (bicyclic) bond motifs is 1. The molecule has 0 aliphatic carbocycles. The van der Waals surface area contributed by atoms with E-state index in [1.54, 1.807) is 29.6 Å². The van der Waals surface area contributed by atoms with Gasteiger partial charge in [0.05, 0.1) is 17.8 Å². The van der Waals surface area contributed by atoms with Gasteiger partial charge in [0.1, 0.15) is 10.5 Å². The number of aromatic nitrogens is 2. The summed E-state index contributed by atoms with van der Waals surface area (Å²) in [7, 11) is 0. The summed E-state index contributed by atoms with van der Waals surface area (Å²) >= 11 is 2.47. The molecule has 2 aromatic heterocycles. The highest BCUT2D eigenvalue weighted by Crippen LogP contribution is 2.23. The molecule has 4 rings (SSSR count). The van der Waals surface area contributed by atoms with Gasteiger partial charge in [0.15, 0.2) is 5.16 Å². The van der Waals surface area contributed by atoms with E-state index in [4.69, 9.17) is 0 Å². The summed E-state index contributed by atoms with van der Waals surface area (Å²) < 4.78 is 16.2. The van der Waals surface area contributed by atoms with Crippen molar-refractivity contribution in [3.8, 4) is 0 Å². The molecule has 0 atom stereocenters. The van der Waals surface area contributed by atoms with Crippen LogP contribution in [0.3, 0.4) is 0 Å². The Morgan fingerprint density at radius 1 is 1.19 bits per heavy atom. The maximum atomic E-state index is 14.2. The van der Waals surface area contributed by atoms with Crippen LogP contribution in [0.2, 0.25) is 0 Å². The number of nitrogens with one attached hydrogen (secondary N) is 1. The van der Waals surface area contributed by atoms with Gasteiger partial charge in [-0.3, -0.25) is 14.2 Å². The fourth-order valence-corrected chi connectivity index (χ4v) is 4.73. The van der Waals surface area contributed by atoms with E-state index in [1.807, 2.05) is 32.0 Å². The van der Waals surface area contributed by atoms with Crippen molar-refractivity contribution in [2.24, 2.45) is 0 Å². The summed E-state index contributed by atoms with van der Waals surface area (Å²) in [5.41, 5.74) is 3.52. The summed E-state index contributed by atoms with van der Waals surface area (Å²) in [6.45, 7) is 3.94. The number of thiophene rings is 1. The lowest BCUT2D eigenvalue weighted by molar-refractivity contribution is -0.113. The molecule has 31 heavy (non-hydrogen) atoms. The molecular formula is C23H20FN3O2S2. The second-order valence-electron chi connectivity index (χ2n) is 7.17. The first-order chi connectivity index (χ1) is 14.9. The molecule has 0 spiro atoms. The number of carbonyl (C=O) groups is 1. The summed E-state index contributed by atoms with van der Waals surface area (Å²) in [5.74, 6) is -0.507. The minimum atomic E-state index is -0.385. The number of amides is 1. The number of aryl methyl sites for hydroxylation is 2. The quantitative estimate of drug-likeness (QED) is 0.330. The molecule has 0 bridgehead atoms. The summed E-state index contributed by atoms with van der Waals surface area (Å²) in [6.07, 6.45) is 0. The molecule has 4 aromatic rings. The molecule has 8 heteroatoms. The van der Waals surface area contributed by atoms with Crippen molar-refractivity contribution in [3.63, 3.8) is 0 Å². The zero-order chi connectivity index (χ0) is 22.0. The third kappa shape index (κ3) is 4.70. The third-order valence-corrected chi connectivity index (χ3v) is 6.68. The molecule has 0 saturated heterocycles. The predicted molar refractivity (Wildman–Crippen MR) is 125 cm³/mol. The van der Waals surface area contributed by atoms with Crippen molar-refractivity contribution in [1.29, 1.82) is 0 Å². The van der Waals surface area contributed by atoms with Gasteiger partial charge in [-0.2, -0.15) is 0 Å². The van der Waals surface area contributed by atoms with Crippen molar-refractivity contribution in [2.45, 2.75) is 25.5 Å². The maximum Gasteiger partial charge on any atom is 0.272 e. The number of rotatable bonds is 6. The Labute approximate surface area is 187 Å². The van der Waals surface area contributed by atoms with Crippen LogP contribution in [-0.4, -0.2) is 21.2 Å². The Balaban J connectivity index is 1.60. The lowest BCUT2D eigenvalue weighted by atomic mass is 10.1. The normalized spacial score (nSPS) is 11.1. The van der Waals surface area contributed by atoms with Gasteiger partial charge in [0.25, 0.3) is 5.56 Å². The van der Waals surface area contributed by atoms with E-state index in [0.717, 1.165) is 28.6 Å². The zero-order valence-electron chi connectivity index (χ0n) is 17.0. The lowest BCUT2D eigenvalue weighted by Gasteiger charge is -2.13. The second kappa shape index (κ2) is 9.03. The molecule has 1 amide bonds. The number of hydrogen-bond acceptors (Lipinski definition) is 5. The number of nitrogens with zero attached hydrogens (tertiary/aromatic N) is 2. The summed E-state index contributed by atoms with van der Waals surface area (Å²) in [4.78, 5) is 30.2. The van der Waals surface area contributed by atoms with E-state index in [9.17, 15) is 14.0 Å². The highest BCUT2D eigenvalue weighted by molar-refractivity contribution is 7.99. The van der Waals surface area contributed by atoms with Crippen LogP contribution in [0.15, 0.2) is 63.9 Å². The number of thioether (sulfide) groups is 1. The third-order valence-electron chi connectivity index (χ3n) is 4.82. The van der Waals surface area contributed by atoms with E-state index in [0.29, 0.717) is 20.9 Å². The lowest BCUT2D eigenvalue weighted by Crippen LogP contribution is -2.24. The van der Waals surface area contributed by atoms with Gasteiger partial charge in [-0.1, -0.05) is 42.1 Å². The first kappa shape index (κ1) is 21.3. The Bertz CT molecular complexity index is 1330. The van der Waals surface area contributed by atoms with Gasteiger partial charge in [-0.15, -0.1) is 11.3 Å². The fraction of sp³-hybridized carbons (Fsp3) is 0.174. The topological polar surface area (TPSA) is 64.0 Å². The Morgan fingerprint density at radius 3 is 2.81 bits per heavy atom. The van der Waals surface area contributed by atoms with Gasteiger partial charge in [-0.05, 0) is 48.6 Å². The molecule has 0 radical (unpaired) electrons. The number of benzene rings is 2. The molecule has 0 fully saturated rings. The van der Waals surface area contributed by atoms with Crippen LogP contribution in [-0.2, 0) is 11.3 Å². The molecule has 0 aliphatic rings. The van der Waals surface area contributed by atoms with Crippen LogP contribution in [0.1, 0.15) is 16.7 Å². The largest absolute Gasteiger partial charge is 0.325 e. The molecule has 158 valence electrons. The standard InChI is InChI=1S/C23H20FN3O2S2/c1-14-7-8-15(2)19(11-14)25-20(28)13-31-23-26-18-9-10-30-21(18)22(29)27(23)12-16-5-3-4-6-17(16)24/h3-11H,12-13H2,1-2H3,(H,25,28). The van der Waals surface area contributed by atoms with E-state index in [-0.39, 0.29) is 29.6 Å². The van der Waals surface area contributed by atoms with Crippen molar-refractivity contribution < 1.29 is 9.18 Å². The highest BCUT2D eigenvalue weighted by atomic mass is 32.2. The number of carbonyl (C=O) groups excluding carboxylic acids is 1. The Hall–Kier alpha value is -2.97. The fourth-order valence-electron chi connectivity index (χ4n) is 3.16.